The Bertz CT molecular complexity index is 1080. The molecule has 190 valence electrons. The van der Waals surface area contributed by atoms with Crippen LogP contribution in [-0.2, 0) is 4.79 Å². The maximum absolute atomic E-state index is 13.4. The summed E-state index contributed by atoms with van der Waals surface area (Å²) in [4.78, 5) is 25.5. The molecule has 0 aromatic heterocycles. The van der Waals surface area contributed by atoms with E-state index in [9.17, 15) is 23.5 Å². The van der Waals surface area contributed by atoms with Crippen LogP contribution in [0.2, 0.25) is 0 Å². The summed E-state index contributed by atoms with van der Waals surface area (Å²) in [5.74, 6) is -4.13. The van der Waals surface area contributed by atoms with Gasteiger partial charge in [-0.3, -0.25) is 4.79 Å². The van der Waals surface area contributed by atoms with Crippen molar-refractivity contribution in [2.45, 2.75) is 69.1 Å². The average molecular weight is 506 g/mol. The molecule has 5 nitrogen and oxygen atoms in total. The lowest BCUT2D eigenvalue weighted by molar-refractivity contribution is -0.139. The number of thioether (sulfide) groups is 1. The Balaban J connectivity index is 1.54. The zero-order chi connectivity index (χ0) is 25.2. The number of carbonyl (C=O) groups excluding carboxylic acids is 1. The van der Waals surface area contributed by atoms with Gasteiger partial charge in [0, 0.05) is 28.2 Å². The Labute approximate surface area is 209 Å². The SMILES string of the molecule is CC(C)(SCC1CC1(F)F)[C@H](NC(=O)c1ccc2ccccc2c1OCC1CCCCC1)C(=O)O. The summed E-state index contributed by atoms with van der Waals surface area (Å²) in [6.45, 7) is 3.84. The molecule has 2 saturated carbocycles. The maximum atomic E-state index is 13.4. The van der Waals surface area contributed by atoms with Crippen molar-refractivity contribution >= 4 is 34.4 Å². The lowest BCUT2D eigenvalue weighted by Gasteiger charge is -2.32. The summed E-state index contributed by atoms with van der Waals surface area (Å²) < 4.78 is 31.9. The van der Waals surface area contributed by atoms with E-state index < -0.39 is 34.5 Å². The topological polar surface area (TPSA) is 75.6 Å². The van der Waals surface area contributed by atoms with Gasteiger partial charge in [-0.15, -0.1) is 0 Å². The first kappa shape index (κ1) is 25.7. The number of hydrogen-bond donors (Lipinski definition) is 2. The third-order valence-corrected chi connectivity index (χ3v) is 8.69. The minimum Gasteiger partial charge on any atom is -0.492 e. The molecule has 2 aliphatic rings. The molecule has 2 aromatic rings. The van der Waals surface area contributed by atoms with Gasteiger partial charge in [-0.05, 0) is 44.1 Å². The van der Waals surface area contributed by atoms with E-state index in [-0.39, 0.29) is 17.7 Å². The van der Waals surface area contributed by atoms with E-state index in [0.29, 0.717) is 18.3 Å². The smallest absolute Gasteiger partial charge is 0.327 e. The van der Waals surface area contributed by atoms with E-state index in [1.54, 1.807) is 19.9 Å². The van der Waals surface area contributed by atoms with Crippen molar-refractivity contribution < 1.29 is 28.2 Å². The standard InChI is InChI=1S/C27H33F2NO4S/c1-26(2,35-16-19-14-27(19,28)29)23(25(32)33)30-24(31)21-13-12-18-10-6-7-11-20(18)22(21)34-15-17-8-4-3-5-9-17/h6-7,10-13,17,19,23H,3-5,8-9,14-16H2,1-2H3,(H,30,31)(H,32,33)/t19?,23-/m1/s1. The van der Waals surface area contributed by atoms with Gasteiger partial charge < -0.3 is 15.2 Å². The molecule has 2 aliphatic carbocycles. The highest BCUT2D eigenvalue weighted by atomic mass is 32.2. The largest absolute Gasteiger partial charge is 0.492 e. The van der Waals surface area contributed by atoms with E-state index >= 15 is 0 Å². The molecular weight excluding hydrogens is 472 g/mol. The molecule has 4 rings (SSSR count). The maximum Gasteiger partial charge on any atom is 0.327 e. The summed E-state index contributed by atoms with van der Waals surface area (Å²) >= 11 is 1.15. The van der Waals surface area contributed by atoms with Crippen LogP contribution in [0.25, 0.3) is 10.8 Å². The Hall–Kier alpha value is -2.35. The molecule has 0 saturated heterocycles. The molecule has 2 atom stereocenters. The van der Waals surface area contributed by atoms with Crippen LogP contribution in [0.1, 0.15) is 62.7 Å². The second kappa shape index (κ2) is 10.3. The first-order valence-corrected chi connectivity index (χ1v) is 13.3. The molecule has 2 N–H and O–H groups in total. The number of aliphatic carboxylic acids is 1. The van der Waals surface area contributed by atoms with Crippen molar-refractivity contribution in [2.24, 2.45) is 11.8 Å². The molecule has 0 spiro atoms. The van der Waals surface area contributed by atoms with Crippen LogP contribution < -0.4 is 10.1 Å². The molecule has 2 aromatic carbocycles. The number of rotatable bonds is 10. The number of fused-ring (bicyclic) bond motifs is 1. The number of benzene rings is 2. The number of amides is 1. The van der Waals surface area contributed by atoms with Crippen molar-refractivity contribution in [1.82, 2.24) is 5.32 Å². The Morgan fingerprint density at radius 2 is 1.86 bits per heavy atom. The zero-order valence-corrected chi connectivity index (χ0v) is 21.0. The number of carboxylic acids is 1. The third-order valence-electron chi connectivity index (χ3n) is 7.14. The van der Waals surface area contributed by atoms with Gasteiger partial charge in [-0.25, -0.2) is 13.6 Å². The highest BCUT2D eigenvalue weighted by Crippen LogP contribution is 2.51. The number of hydrogen-bond acceptors (Lipinski definition) is 4. The average Bonchev–Trinajstić information content (AvgIpc) is 3.46. The second-order valence-corrected chi connectivity index (χ2v) is 12.0. The Kier molecular flexibility index (Phi) is 7.60. The van der Waals surface area contributed by atoms with E-state index in [0.717, 1.165) is 35.4 Å². The van der Waals surface area contributed by atoms with Gasteiger partial charge in [0.2, 0.25) is 0 Å². The lowest BCUT2D eigenvalue weighted by Crippen LogP contribution is -2.52. The Morgan fingerprint density at radius 1 is 1.17 bits per heavy atom. The summed E-state index contributed by atoms with van der Waals surface area (Å²) in [5.41, 5.74) is 0.278. The van der Waals surface area contributed by atoms with E-state index in [4.69, 9.17) is 4.74 Å². The number of ether oxygens (including phenoxy) is 1. The van der Waals surface area contributed by atoms with Crippen LogP contribution in [0, 0.1) is 11.8 Å². The molecule has 0 radical (unpaired) electrons. The monoisotopic (exact) mass is 505 g/mol. The summed E-state index contributed by atoms with van der Waals surface area (Å²) in [5, 5.41) is 14.3. The van der Waals surface area contributed by atoms with Crippen LogP contribution in [0.15, 0.2) is 36.4 Å². The summed E-state index contributed by atoms with van der Waals surface area (Å²) in [6.07, 6.45) is 5.62. The lowest BCUT2D eigenvalue weighted by atomic mass is 9.90. The van der Waals surface area contributed by atoms with Crippen molar-refractivity contribution in [3.8, 4) is 5.75 Å². The summed E-state index contributed by atoms with van der Waals surface area (Å²) in [7, 11) is 0. The number of halogens is 2. The van der Waals surface area contributed by atoms with Crippen LogP contribution >= 0.6 is 11.8 Å². The minimum atomic E-state index is -2.67. The fraction of sp³-hybridized carbons (Fsp3) is 0.556. The zero-order valence-electron chi connectivity index (χ0n) is 20.2. The van der Waals surface area contributed by atoms with Crippen molar-refractivity contribution in [2.75, 3.05) is 12.4 Å². The van der Waals surface area contributed by atoms with Crippen LogP contribution in [-0.4, -0.2) is 46.1 Å². The van der Waals surface area contributed by atoms with Gasteiger partial charge >= 0.3 is 5.97 Å². The first-order chi connectivity index (χ1) is 16.6. The van der Waals surface area contributed by atoms with Gasteiger partial charge in [0.1, 0.15) is 11.8 Å². The van der Waals surface area contributed by atoms with E-state index in [1.807, 2.05) is 30.3 Å². The van der Waals surface area contributed by atoms with Crippen LogP contribution in [0.4, 0.5) is 8.78 Å². The third kappa shape index (κ3) is 6.08. The molecule has 35 heavy (non-hydrogen) atoms. The van der Waals surface area contributed by atoms with Crippen molar-refractivity contribution in [3.63, 3.8) is 0 Å². The summed E-state index contributed by atoms with van der Waals surface area (Å²) in [6, 6.07) is 9.86. The Morgan fingerprint density at radius 3 is 2.51 bits per heavy atom. The second-order valence-electron chi connectivity index (χ2n) is 10.3. The number of carboxylic acid groups (broad SMARTS) is 1. The predicted octanol–water partition coefficient (Wildman–Crippen LogP) is 6.15. The van der Waals surface area contributed by atoms with Gasteiger partial charge in [-0.2, -0.15) is 11.8 Å². The molecule has 1 amide bonds. The molecule has 0 bridgehead atoms. The van der Waals surface area contributed by atoms with E-state index in [2.05, 4.69) is 5.32 Å². The first-order valence-electron chi connectivity index (χ1n) is 12.3. The predicted molar refractivity (Wildman–Crippen MR) is 134 cm³/mol. The van der Waals surface area contributed by atoms with E-state index in [1.165, 1.54) is 19.3 Å². The fourth-order valence-electron chi connectivity index (χ4n) is 4.72. The molecular formula is C27H33F2NO4S. The normalized spacial score (nSPS) is 20.9. The highest BCUT2D eigenvalue weighted by Gasteiger charge is 2.57. The van der Waals surface area contributed by atoms with Crippen molar-refractivity contribution in [1.29, 1.82) is 0 Å². The highest BCUT2D eigenvalue weighted by molar-refractivity contribution is 8.00. The van der Waals surface area contributed by atoms with Crippen LogP contribution in [0.3, 0.4) is 0 Å². The number of alkyl halides is 2. The minimum absolute atomic E-state index is 0.144. The van der Waals surface area contributed by atoms with Crippen molar-refractivity contribution in [3.05, 3.63) is 42.0 Å². The molecule has 0 heterocycles. The quantitative estimate of drug-likeness (QED) is 0.405. The number of nitrogens with one attached hydrogen (secondary N) is 1. The fourth-order valence-corrected chi connectivity index (χ4v) is 6.04. The van der Waals surface area contributed by atoms with Gasteiger partial charge in [0.05, 0.1) is 12.2 Å². The number of carbonyl (C=O) groups is 2. The molecule has 0 aliphatic heterocycles. The molecule has 8 heteroatoms. The van der Waals surface area contributed by atoms with Gasteiger partial charge in [0.15, 0.2) is 0 Å². The van der Waals surface area contributed by atoms with Gasteiger partial charge in [-0.1, -0.05) is 49.6 Å². The van der Waals surface area contributed by atoms with Crippen LogP contribution in [0.5, 0.6) is 5.75 Å². The van der Waals surface area contributed by atoms with Gasteiger partial charge in [0.25, 0.3) is 11.8 Å². The molecule has 2 fully saturated rings. The molecule has 1 unspecified atom stereocenters.